The van der Waals surface area contributed by atoms with Crippen molar-refractivity contribution < 1.29 is 18.9 Å². The van der Waals surface area contributed by atoms with E-state index in [0.29, 0.717) is 15.1 Å². The molecule has 0 amide bonds. The molecule has 0 fully saturated rings. The Morgan fingerprint density at radius 2 is 1.70 bits per heavy atom. The Bertz CT molecular complexity index is 224. The van der Waals surface area contributed by atoms with E-state index >= 15 is 0 Å². The number of halogens is 3. The van der Waals surface area contributed by atoms with Gasteiger partial charge in [-0.3, -0.25) is 0 Å². The molecule has 1 aromatic carbocycles. The molecule has 0 nitrogen and oxygen atoms in total. The van der Waals surface area contributed by atoms with Crippen LogP contribution in [-0.4, -0.2) is 0 Å². The molecule has 0 aliphatic rings. The van der Waals surface area contributed by atoms with E-state index in [4.69, 9.17) is 34.8 Å². The van der Waals surface area contributed by atoms with Crippen molar-refractivity contribution in [2.75, 3.05) is 0 Å². The largest absolute Gasteiger partial charge is 1.00 e. The van der Waals surface area contributed by atoms with Crippen LogP contribution in [0.5, 0.6) is 0 Å². The molecule has 10 heavy (non-hydrogen) atoms. The Hall–Kier alpha value is 0.687. The maximum atomic E-state index is 5.56. The molecule has 48 valence electrons. The maximum Gasteiger partial charge on any atom is 1.00 e. The predicted molar refractivity (Wildman–Crippen MR) is 40.3 cm³/mol. The third-order valence-electron chi connectivity index (χ3n) is 0.815. The van der Waals surface area contributed by atoms with Gasteiger partial charge in [-0.1, -0.05) is 15.1 Å². The smallest absolute Gasteiger partial charge is 0.165 e. The standard InChI is InChI=1S/C6H2Cl3.Li/c7-4-1-2-5(8)6(9)3-4;/h1-2H;/q-1;+1. The van der Waals surface area contributed by atoms with Crippen LogP contribution in [0.1, 0.15) is 0 Å². The number of hydrogen-bond donors (Lipinski definition) is 0. The van der Waals surface area contributed by atoms with Gasteiger partial charge in [0.25, 0.3) is 0 Å². The minimum Gasteiger partial charge on any atom is -0.165 e. The zero-order chi connectivity index (χ0) is 6.85. The van der Waals surface area contributed by atoms with Gasteiger partial charge in [-0.05, 0) is 0 Å². The average Bonchev–Trinajstić information content (AvgIpc) is 1.80. The molecule has 0 heterocycles. The van der Waals surface area contributed by atoms with E-state index in [1.165, 1.54) is 0 Å². The van der Waals surface area contributed by atoms with Crippen LogP contribution in [0.4, 0.5) is 0 Å². The Labute approximate surface area is 86.6 Å². The van der Waals surface area contributed by atoms with Gasteiger partial charge in [0.2, 0.25) is 0 Å². The normalized spacial score (nSPS) is 8.70. The second-order valence-electron chi connectivity index (χ2n) is 1.47. The molecule has 0 spiro atoms. The molecule has 0 atom stereocenters. The third-order valence-corrected chi connectivity index (χ3v) is 1.75. The summed E-state index contributed by atoms with van der Waals surface area (Å²) < 4.78 is 0. The van der Waals surface area contributed by atoms with Crippen molar-refractivity contribution in [1.29, 1.82) is 0 Å². The number of hydrogen-bond acceptors (Lipinski definition) is 0. The van der Waals surface area contributed by atoms with Crippen molar-refractivity contribution >= 4 is 34.8 Å². The van der Waals surface area contributed by atoms with Gasteiger partial charge in [0.15, 0.2) is 0 Å². The van der Waals surface area contributed by atoms with Gasteiger partial charge in [-0.2, -0.15) is 23.7 Å². The molecule has 0 saturated carbocycles. The molecule has 4 heteroatoms. The number of rotatable bonds is 0. The van der Waals surface area contributed by atoms with Gasteiger partial charge in [0.1, 0.15) is 0 Å². The van der Waals surface area contributed by atoms with Gasteiger partial charge in [0, 0.05) is 0 Å². The second kappa shape index (κ2) is 4.54. The van der Waals surface area contributed by atoms with Gasteiger partial charge in [-0.25, -0.2) is 0 Å². The second-order valence-corrected chi connectivity index (χ2v) is 2.66. The topological polar surface area (TPSA) is 0 Å². The molecule has 0 aliphatic carbocycles. The van der Waals surface area contributed by atoms with E-state index in [9.17, 15) is 0 Å². The van der Waals surface area contributed by atoms with Crippen molar-refractivity contribution in [2.24, 2.45) is 0 Å². The summed E-state index contributed by atoms with van der Waals surface area (Å²) in [5.41, 5.74) is 0. The molecular formula is C6H2Cl3Li. The molecule has 0 radical (unpaired) electrons. The molecule has 0 N–H and O–H groups in total. The van der Waals surface area contributed by atoms with Crippen LogP contribution < -0.4 is 18.9 Å². The number of benzene rings is 1. The first-order valence-electron chi connectivity index (χ1n) is 2.23. The predicted octanol–water partition coefficient (Wildman–Crippen LogP) is 0.451. The molecule has 0 unspecified atom stereocenters. The first-order chi connectivity index (χ1) is 4.20. The molecular weight excluding hydrogens is 185 g/mol. The summed E-state index contributed by atoms with van der Waals surface area (Å²) in [6.45, 7) is 0. The van der Waals surface area contributed by atoms with Crippen molar-refractivity contribution in [3.05, 3.63) is 33.3 Å². The van der Waals surface area contributed by atoms with E-state index in [-0.39, 0.29) is 18.9 Å². The Kier molecular flexibility index (Phi) is 4.85. The fraction of sp³-hybridized carbons (Fsp3) is 0. The summed E-state index contributed by atoms with van der Waals surface area (Å²) in [6, 6.07) is 5.90. The first kappa shape index (κ1) is 10.7. The van der Waals surface area contributed by atoms with Crippen LogP contribution in [-0.2, 0) is 0 Å². The zero-order valence-electron chi connectivity index (χ0n) is 5.29. The van der Waals surface area contributed by atoms with Crippen molar-refractivity contribution in [3.63, 3.8) is 0 Å². The monoisotopic (exact) mass is 186 g/mol. The van der Waals surface area contributed by atoms with Crippen LogP contribution in [0, 0.1) is 6.07 Å². The maximum absolute atomic E-state index is 5.56. The minimum atomic E-state index is 0. The molecule has 0 saturated heterocycles. The van der Waals surface area contributed by atoms with Gasteiger partial charge in [-0.15, -0.1) is 29.3 Å². The van der Waals surface area contributed by atoms with Crippen LogP contribution >= 0.6 is 34.8 Å². The van der Waals surface area contributed by atoms with Crippen LogP contribution in [0.2, 0.25) is 15.1 Å². The van der Waals surface area contributed by atoms with E-state index < -0.39 is 0 Å². The zero-order valence-corrected chi connectivity index (χ0v) is 7.56. The van der Waals surface area contributed by atoms with Gasteiger partial charge in [0.05, 0.1) is 0 Å². The fourth-order valence-electron chi connectivity index (χ4n) is 0.426. The molecule has 1 rings (SSSR count). The Morgan fingerprint density at radius 3 is 2.10 bits per heavy atom. The fourth-order valence-corrected chi connectivity index (χ4v) is 0.907. The summed E-state index contributed by atoms with van der Waals surface area (Å²) in [6.07, 6.45) is 0. The molecule has 1 aromatic rings. The minimum absolute atomic E-state index is 0. The first-order valence-corrected chi connectivity index (χ1v) is 3.36. The van der Waals surface area contributed by atoms with E-state index in [2.05, 4.69) is 6.07 Å². The SMILES string of the molecule is Clc1[c-]c(Cl)c(Cl)cc1.[Li+]. The molecule has 0 bridgehead atoms. The third kappa shape index (κ3) is 2.74. The summed E-state index contributed by atoms with van der Waals surface area (Å²) in [7, 11) is 0. The summed E-state index contributed by atoms with van der Waals surface area (Å²) in [5, 5.41) is 1.31. The summed E-state index contributed by atoms with van der Waals surface area (Å²) in [4.78, 5) is 0. The molecule has 0 aromatic heterocycles. The average molecular weight is 187 g/mol. The molecule has 0 aliphatic heterocycles. The Balaban J connectivity index is 0.000000810. The van der Waals surface area contributed by atoms with Gasteiger partial charge >= 0.3 is 18.9 Å². The van der Waals surface area contributed by atoms with Crippen LogP contribution in [0.25, 0.3) is 0 Å². The van der Waals surface area contributed by atoms with E-state index in [1.54, 1.807) is 12.1 Å². The quantitative estimate of drug-likeness (QED) is 0.314. The van der Waals surface area contributed by atoms with Crippen molar-refractivity contribution in [1.82, 2.24) is 0 Å². The van der Waals surface area contributed by atoms with E-state index in [1.807, 2.05) is 0 Å². The van der Waals surface area contributed by atoms with Crippen molar-refractivity contribution in [2.45, 2.75) is 0 Å². The Morgan fingerprint density at radius 1 is 1.10 bits per heavy atom. The van der Waals surface area contributed by atoms with Crippen LogP contribution in [0.3, 0.4) is 0 Å². The van der Waals surface area contributed by atoms with Crippen LogP contribution in [0.15, 0.2) is 12.1 Å². The van der Waals surface area contributed by atoms with Crippen molar-refractivity contribution in [3.8, 4) is 0 Å². The summed E-state index contributed by atoms with van der Waals surface area (Å²) in [5.74, 6) is 0. The summed E-state index contributed by atoms with van der Waals surface area (Å²) >= 11 is 16.6. The van der Waals surface area contributed by atoms with Gasteiger partial charge < -0.3 is 0 Å². The van der Waals surface area contributed by atoms with E-state index in [0.717, 1.165) is 0 Å².